The summed E-state index contributed by atoms with van der Waals surface area (Å²) in [6.07, 6.45) is 0.549. The van der Waals surface area contributed by atoms with Crippen LogP contribution in [0.4, 0.5) is 0 Å². The van der Waals surface area contributed by atoms with Crippen molar-refractivity contribution in [1.82, 2.24) is 0 Å². The molecule has 7 heteroatoms. The molecule has 0 fully saturated rings. The van der Waals surface area contributed by atoms with Gasteiger partial charge in [-0.05, 0) is 0 Å². The largest absolute Gasteiger partial charge is 0.394 e. The van der Waals surface area contributed by atoms with Crippen LogP contribution in [0.3, 0.4) is 0 Å². The fourth-order valence-corrected chi connectivity index (χ4v) is 0.381. The van der Waals surface area contributed by atoms with Gasteiger partial charge in [-0.3, -0.25) is 4.55 Å². The SMILES string of the molecule is COCC(CO)OC.CS(=O)(=O)O. The van der Waals surface area contributed by atoms with E-state index in [1.165, 1.54) is 0 Å². The molecule has 0 aliphatic carbocycles. The van der Waals surface area contributed by atoms with Crippen LogP contribution >= 0.6 is 0 Å². The van der Waals surface area contributed by atoms with E-state index in [-0.39, 0.29) is 12.7 Å². The first-order chi connectivity index (χ1) is 5.85. The van der Waals surface area contributed by atoms with E-state index < -0.39 is 10.1 Å². The number of aliphatic hydroxyl groups is 1. The molecule has 0 heterocycles. The first-order valence-corrected chi connectivity index (χ1v) is 5.25. The molecular formula is C6H16O6S. The molecule has 0 aliphatic heterocycles. The summed E-state index contributed by atoms with van der Waals surface area (Å²) in [6.45, 7) is 0.470. The standard InChI is InChI=1S/C5H12O3.CH4O3S/c1-7-4-5(3-6)8-2;1-5(2,3)4/h5-6H,3-4H2,1-2H3;1H3,(H,2,3,4). The van der Waals surface area contributed by atoms with Gasteiger partial charge in [0.1, 0.15) is 6.10 Å². The molecule has 6 nitrogen and oxygen atoms in total. The zero-order valence-electron chi connectivity index (χ0n) is 7.93. The lowest BCUT2D eigenvalue weighted by Crippen LogP contribution is -2.21. The second kappa shape index (κ2) is 8.39. The summed E-state index contributed by atoms with van der Waals surface area (Å²) in [5.41, 5.74) is 0. The predicted octanol–water partition coefficient (Wildman–Crippen LogP) is -0.856. The number of hydrogen-bond donors (Lipinski definition) is 2. The summed E-state index contributed by atoms with van der Waals surface area (Å²) in [4.78, 5) is 0. The summed E-state index contributed by atoms with van der Waals surface area (Å²) in [6, 6.07) is 0. The van der Waals surface area contributed by atoms with Gasteiger partial charge in [-0.25, -0.2) is 0 Å². The summed E-state index contributed by atoms with van der Waals surface area (Å²) in [5.74, 6) is 0. The highest BCUT2D eigenvalue weighted by molar-refractivity contribution is 7.85. The molecule has 0 bridgehead atoms. The monoisotopic (exact) mass is 216 g/mol. The third-order valence-electron chi connectivity index (χ3n) is 0.890. The molecule has 0 radical (unpaired) electrons. The van der Waals surface area contributed by atoms with Crippen molar-refractivity contribution in [2.75, 3.05) is 33.7 Å². The van der Waals surface area contributed by atoms with Crippen LogP contribution in [0.15, 0.2) is 0 Å². The lowest BCUT2D eigenvalue weighted by molar-refractivity contribution is -0.00534. The van der Waals surface area contributed by atoms with Crippen LogP contribution in [0.5, 0.6) is 0 Å². The maximum absolute atomic E-state index is 9.19. The van der Waals surface area contributed by atoms with Crippen molar-refractivity contribution in [2.45, 2.75) is 6.10 Å². The normalized spacial score (nSPS) is 13.0. The predicted molar refractivity (Wildman–Crippen MR) is 47.2 cm³/mol. The maximum atomic E-state index is 9.19. The molecule has 13 heavy (non-hydrogen) atoms. The van der Waals surface area contributed by atoms with Crippen LogP contribution in [0.25, 0.3) is 0 Å². The van der Waals surface area contributed by atoms with E-state index in [1.807, 2.05) is 0 Å². The highest BCUT2D eigenvalue weighted by atomic mass is 32.2. The molecule has 0 saturated carbocycles. The molecular weight excluding hydrogens is 200 g/mol. The van der Waals surface area contributed by atoms with Gasteiger partial charge in [0.05, 0.1) is 19.5 Å². The average molecular weight is 216 g/mol. The van der Waals surface area contributed by atoms with Gasteiger partial charge in [0, 0.05) is 14.2 Å². The summed E-state index contributed by atoms with van der Waals surface area (Å²) in [7, 11) is -0.554. The molecule has 0 spiro atoms. The molecule has 82 valence electrons. The molecule has 0 aromatic rings. The van der Waals surface area contributed by atoms with Gasteiger partial charge in [-0.15, -0.1) is 0 Å². The second-order valence-corrected chi connectivity index (χ2v) is 3.69. The maximum Gasteiger partial charge on any atom is 0.261 e. The Morgan fingerprint density at radius 3 is 1.85 bits per heavy atom. The fraction of sp³-hybridized carbons (Fsp3) is 1.00. The lowest BCUT2D eigenvalue weighted by atomic mass is 10.4. The van der Waals surface area contributed by atoms with E-state index >= 15 is 0 Å². The first-order valence-electron chi connectivity index (χ1n) is 3.40. The minimum atomic E-state index is -3.67. The summed E-state index contributed by atoms with van der Waals surface area (Å²) in [5, 5.41) is 8.45. The van der Waals surface area contributed by atoms with Crippen LogP contribution in [0, 0.1) is 0 Å². The number of ether oxygens (including phenoxy) is 2. The first kappa shape index (κ1) is 15.3. The van der Waals surface area contributed by atoms with Crippen molar-refractivity contribution in [3.05, 3.63) is 0 Å². The Kier molecular flexibility index (Phi) is 9.86. The molecule has 0 saturated heterocycles. The van der Waals surface area contributed by atoms with Gasteiger partial charge in [-0.2, -0.15) is 8.42 Å². The fourth-order valence-electron chi connectivity index (χ4n) is 0.381. The van der Waals surface area contributed by atoms with Crippen LogP contribution in [0.2, 0.25) is 0 Å². The third kappa shape index (κ3) is 24.5. The number of rotatable bonds is 4. The third-order valence-corrected chi connectivity index (χ3v) is 0.890. The lowest BCUT2D eigenvalue weighted by Gasteiger charge is -2.08. The topological polar surface area (TPSA) is 93.1 Å². The quantitative estimate of drug-likeness (QED) is 0.594. The van der Waals surface area contributed by atoms with E-state index in [4.69, 9.17) is 19.1 Å². The van der Waals surface area contributed by atoms with Gasteiger partial charge < -0.3 is 14.6 Å². The zero-order chi connectivity index (χ0) is 10.9. The average Bonchev–Trinajstić information content (AvgIpc) is 1.97. The highest BCUT2D eigenvalue weighted by Crippen LogP contribution is 1.86. The van der Waals surface area contributed by atoms with Crippen molar-refractivity contribution in [3.8, 4) is 0 Å². The van der Waals surface area contributed by atoms with E-state index in [0.717, 1.165) is 0 Å². The summed E-state index contributed by atoms with van der Waals surface area (Å²) < 4.78 is 35.3. The smallest absolute Gasteiger partial charge is 0.261 e. The van der Waals surface area contributed by atoms with E-state index in [0.29, 0.717) is 12.9 Å². The molecule has 0 aliphatic rings. The van der Waals surface area contributed by atoms with Gasteiger partial charge in [0.2, 0.25) is 0 Å². The van der Waals surface area contributed by atoms with Crippen molar-refractivity contribution >= 4 is 10.1 Å². The Balaban J connectivity index is 0. The van der Waals surface area contributed by atoms with Gasteiger partial charge >= 0.3 is 0 Å². The Morgan fingerprint density at radius 2 is 1.77 bits per heavy atom. The molecule has 0 rings (SSSR count). The Labute approximate surface area is 78.2 Å². The Bertz CT molecular complexity index is 175. The number of aliphatic hydroxyl groups excluding tert-OH is 1. The Morgan fingerprint density at radius 1 is 1.38 bits per heavy atom. The van der Waals surface area contributed by atoms with Gasteiger partial charge in [0.15, 0.2) is 0 Å². The van der Waals surface area contributed by atoms with Crippen LogP contribution in [0.1, 0.15) is 0 Å². The Hall–Kier alpha value is -0.210. The second-order valence-electron chi connectivity index (χ2n) is 2.23. The zero-order valence-corrected chi connectivity index (χ0v) is 8.74. The molecule has 0 aromatic heterocycles. The molecule has 2 N–H and O–H groups in total. The molecule has 0 amide bonds. The molecule has 1 unspecified atom stereocenters. The van der Waals surface area contributed by atoms with Crippen molar-refractivity contribution < 1.29 is 27.6 Å². The van der Waals surface area contributed by atoms with E-state index in [2.05, 4.69) is 0 Å². The summed E-state index contributed by atoms with van der Waals surface area (Å²) >= 11 is 0. The molecule has 0 aromatic carbocycles. The van der Waals surface area contributed by atoms with Gasteiger partial charge in [-0.1, -0.05) is 0 Å². The number of methoxy groups -OCH3 is 2. The minimum absolute atomic E-state index is 0.0182. The van der Waals surface area contributed by atoms with E-state index in [1.54, 1.807) is 14.2 Å². The number of hydrogen-bond acceptors (Lipinski definition) is 5. The van der Waals surface area contributed by atoms with E-state index in [9.17, 15) is 8.42 Å². The van der Waals surface area contributed by atoms with Crippen LogP contribution < -0.4 is 0 Å². The molecule has 1 atom stereocenters. The van der Waals surface area contributed by atoms with Crippen molar-refractivity contribution in [2.24, 2.45) is 0 Å². The van der Waals surface area contributed by atoms with Crippen molar-refractivity contribution in [1.29, 1.82) is 0 Å². The van der Waals surface area contributed by atoms with Crippen LogP contribution in [-0.4, -0.2) is 57.9 Å². The minimum Gasteiger partial charge on any atom is -0.394 e. The van der Waals surface area contributed by atoms with Crippen LogP contribution in [-0.2, 0) is 19.6 Å². The van der Waals surface area contributed by atoms with Gasteiger partial charge in [0.25, 0.3) is 10.1 Å². The van der Waals surface area contributed by atoms with Crippen molar-refractivity contribution in [3.63, 3.8) is 0 Å². The highest BCUT2D eigenvalue weighted by Gasteiger charge is 2.01.